The third-order valence-corrected chi connectivity index (χ3v) is 17.5. The molecule has 318 valence electrons. The number of rotatable bonds is 6. The van der Waals surface area contributed by atoms with E-state index in [0.29, 0.717) is 31.1 Å². The van der Waals surface area contributed by atoms with Crippen molar-refractivity contribution in [3.05, 3.63) is 11.6 Å². The number of hydrogen-bond donors (Lipinski definition) is 8. The molecule has 14 heteroatoms. The second-order valence-corrected chi connectivity index (χ2v) is 20.1. The molecule has 0 unspecified atom stereocenters. The Hall–Kier alpha value is -1.72. The second kappa shape index (κ2) is 14.5. The number of aliphatic carboxylic acids is 1. The highest BCUT2D eigenvalue weighted by molar-refractivity contribution is 5.79. The first-order valence-electron chi connectivity index (χ1n) is 20.9. The average molecular weight is 795 g/mol. The Morgan fingerprint density at radius 2 is 1.43 bits per heavy atom. The van der Waals surface area contributed by atoms with E-state index in [2.05, 4.69) is 54.5 Å². The Morgan fingerprint density at radius 1 is 0.768 bits per heavy atom. The summed E-state index contributed by atoms with van der Waals surface area (Å²) in [5, 5.41) is 82.5. The number of carboxylic acids is 1. The third kappa shape index (κ3) is 6.01. The summed E-state index contributed by atoms with van der Waals surface area (Å²) in [6, 6.07) is 0. The van der Waals surface area contributed by atoms with E-state index in [9.17, 15) is 50.4 Å². The average Bonchev–Trinajstić information content (AvgIpc) is 3.14. The molecule has 2 heterocycles. The minimum Gasteiger partial charge on any atom is -0.479 e. The molecule has 0 bridgehead atoms. The van der Waals surface area contributed by atoms with Crippen LogP contribution in [-0.4, -0.2) is 127 Å². The van der Waals surface area contributed by atoms with Crippen LogP contribution in [0.4, 0.5) is 0 Å². The normalized spacial score (nSPS) is 54.0. The number of allylic oxidation sites excluding steroid dienone is 2. The molecule has 0 amide bonds. The summed E-state index contributed by atoms with van der Waals surface area (Å²) in [7, 11) is 0. The number of ether oxygens (including phenoxy) is 4. The Balaban J connectivity index is 1.16. The van der Waals surface area contributed by atoms with Crippen molar-refractivity contribution in [1.82, 2.24) is 0 Å². The zero-order valence-electron chi connectivity index (χ0n) is 33.9. The fraction of sp³-hybridized carbons (Fsp3) is 0.905. The molecule has 8 N–H and O–H groups in total. The van der Waals surface area contributed by atoms with Crippen LogP contribution in [0.5, 0.6) is 0 Å². The SMILES string of the molecule is C[C@H]1[C@H](C)CC[C@]2(C(=O)O[C@@H]3O[C@H](CO)[C@@H](O)[C@H](O)[C@H]3O)CC[C@]3(C)C(=CC[C@@H]4[C@@]5(C)CC[C@H](O[C@@H]6O[C@H](C(=O)O)[C@H](O)[C@H](O)[C@H]6O)C(C)(C)[C@@H]5CC[C@]43C)[C@H]12. The fourth-order valence-electron chi connectivity index (χ4n) is 13.8. The number of aliphatic hydroxyl groups is 7. The molecular formula is C42H66O14. The molecule has 4 saturated carbocycles. The standard InChI is InChI=1S/C42H66O14/c1-19-10-15-42(37(52)56-35-31(48)28(45)27(44)22(18-43)53-35)17-16-40(6)21(26(42)20(19)2)8-9-24-39(5)13-12-25(38(3,4)23(39)11-14-41(24,40)7)54-36-32(49)29(46)30(47)33(55-36)34(50)51/h8,19-20,22-33,35-36,43-49H,9-18H2,1-7H3,(H,50,51)/t19-,20+,22-,23+,24-,25+,26+,27-,28+,29+,30-,31-,32-,33+,35+,36-,39+,40-,41-,42+/m1/s1. The van der Waals surface area contributed by atoms with Crippen LogP contribution in [0.2, 0.25) is 0 Å². The molecule has 0 aromatic rings. The van der Waals surface area contributed by atoms with Crippen molar-refractivity contribution in [2.24, 2.45) is 56.7 Å². The van der Waals surface area contributed by atoms with Crippen molar-refractivity contribution in [3.63, 3.8) is 0 Å². The van der Waals surface area contributed by atoms with Gasteiger partial charge in [-0.15, -0.1) is 0 Å². The summed E-state index contributed by atoms with van der Waals surface area (Å²) in [6.07, 6.45) is -6.88. The zero-order chi connectivity index (χ0) is 41.1. The Morgan fingerprint density at radius 3 is 2.09 bits per heavy atom. The Labute approximate surface area is 329 Å². The molecule has 6 fully saturated rings. The molecule has 7 rings (SSSR count). The summed E-state index contributed by atoms with van der Waals surface area (Å²) < 4.78 is 23.6. The second-order valence-electron chi connectivity index (χ2n) is 20.1. The first-order valence-corrected chi connectivity index (χ1v) is 20.9. The Kier molecular flexibility index (Phi) is 11.0. The minimum atomic E-state index is -1.79. The zero-order valence-corrected chi connectivity index (χ0v) is 33.9. The monoisotopic (exact) mass is 794 g/mol. The van der Waals surface area contributed by atoms with Crippen molar-refractivity contribution >= 4 is 11.9 Å². The van der Waals surface area contributed by atoms with Crippen molar-refractivity contribution in [3.8, 4) is 0 Å². The summed E-state index contributed by atoms with van der Waals surface area (Å²) in [6.45, 7) is 15.5. The largest absolute Gasteiger partial charge is 0.479 e. The molecule has 0 radical (unpaired) electrons. The molecule has 20 atom stereocenters. The maximum atomic E-state index is 14.6. The first kappa shape index (κ1) is 42.4. The van der Waals surface area contributed by atoms with Gasteiger partial charge in [0, 0.05) is 0 Å². The van der Waals surface area contributed by atoms with Gasteiger partial charge in [-0.2, -0.15) is 0 Å². The van der Waals surface area contributed by atoms with Crippen LogP contribution >= 0.6 is 0 Å². The topological polar surface area (TPSA) is 233 Å². The molecule has 56 heavy (non-hydrogen) atoms. The summed E-state index contributed by atoms with van der Waals surface area (Å²) in [4.78, 5) is 26.4. The van der Waals surface area contributed by atoms with Crippen LogP contribution in [0.3, 0.4) is 0 Å². The van der Waals surface area contributed by atoms with E-state index >= 15 is 0 Å². The summed E-state index contributed by atoms with van der Waals surface area (Å²) >= 11 is 0. The van der Waals surface area contributed by atoms with Crippen molar-refractivity contribution in [2.45, 2.75) is 174 Å². The van der Waals surface area contributed by atoms with Crippen molar-refractivity contribution in [1.29, 1.82) is 0 Å². The highest BCUT2D eigenvalue weighted by Crippen LogP contribution is 2.76. The molecule has 14 nitrogen and oxygen atoms in total. The number of carboxylic acid groups (broad SMARTS) is 1. The molecule has 0 aromatic heterocycles. The number of carbonyl (C=O) groups is 2. The maximum absolute atomic E-state index is 14.6. The van der Waals surface area contributed by atoms with Crippen molar-refractivity contribution in [2.75, 3.05) is 6.61 Å². The quantitative estimate of drug-likeness (QED) is 0.110. The van der Waals surface area contributed by atoms with Crippen LogP contribution in [0.15, 0.2) is 11.6 Å². The number of carbonyl (C=O) groups excluding carboxylic acids is 1. The highest BCUT2D eigenvalue weighted by atomic mass is 16.7. The van der Waals surface area contributed by atoms with Crippen LogP contribution in [-0.2, 0) is 28.5 Å². The van der Waals surface area contributed by atoms with Gasteiger partial charge in [0.2, 0.25) is 6.29 Å². The molecule has 2 aliphatic heterocycles. The van der Waals surface area contributed by atoms with E-state index in [-0.39, 0.29) is 34.0 Å². The van der Waals surface area contributed by atoms with Crippen molar-refractivity contribution < 1.29 is 69.4 Å². The Bertz CT molecular complexity index is 1550. The van der Waals surface area contributed by atoms with Gasteiger partial charge in [0.05, 0.1) is 18.1 Å². The van der Waals surface area contributed by atoms with E-state index in [4.69, 9.17) is 18.9 Å². The van der Waals surface area contributed by atoms with Gasteiger partial charge in [-0.05, 0) is 109 Å². The lowest BCUT2D eigenvalue weighted by atomic mass is 9.33. The predicted molar refractivity (Wildman–Crippen MR) is 198 cm³/mol. The van der Waals surface area contributed by atoms with Gasteiger partial charge < -0.3 is 59.8 Å². The van der Waals surface area contributed by atoms with Gasteiger partial charge in [-0.25, -0.2) is 4.79 Å². The van der Waals surface area contributed by atoms with E-state index in [0.717, 1.165) is 38.5 Å². The van der Waals surface area contributed by atoms with Gasteiger partial charge in [-0.1, -0.05) is 60.1 Å². The molecular weight excluding hydrogens is 728 g/mol. The van der Waals surface area contributed by atoms with E-state index < -0.39 is 96.9 Å². The number of hydrogen-bond acceptors (Lipinski definition) is 13. The first-order chi connectivity index (χ1) is 26.1. The van der Waals surface area contributed by atoms with E-state index in [1.54, 1.807) is 0 Å². The van der Waals surface area contributed by atoms with Gasteiger partial charge in [0.1, 0.15) is 42.7 Å². The predicted octanol–water partition coefficient (Wildman–Crippen LogP) is 2.26. The lowest BCUT2D eigenvalue weighted by Crippen LogP contribution is -2.66. The van der Waals surface area contributed by atoms with Crippen LogP contribution < -0.4 is 0 Å². The minimum absolute atomic E-state index is 0.102. The van der Waals surface area contributed by atoms with Gasteiger partial charge in [0.15, 0.2) is 12.4 Å². The van der Waals surface area contributed by atoms with Crippen LogP contribution in [0.25, 0.3) is 0 Å². The molecule has 2 saturated heterocycles. The molecule has 5 aliphatic carbocycles. The maximum Gasteiger partial charge on any atom is 0.335 e. The molecule has 0 aromatic carbocycles. The smallest absolute Gasteiger partial charge is 0.335 e. The lowest BCUT2D eigenvalue weighted by molar-refractivity contribution is -0.324. The number of esters is 1. The fourth-order valence-corrected chi connectivity index (χ4v) is 13.8. The van der Waals surface area contributed by atoms with Gasteiger partial charge in [-0.3, -0.25) is 4.79 Å². The summed E-state index contributed by atoms with van der Waals surface area (Å²) in [5.74, 6) is -1.00. The third-order valence-electron chi connectivity index (χ3n) is 17.5. The van der Waals surface area contributed by atoms with E-state index in [1.807, 2.05) is 0 Å². The van der Waals surface area contributed by atoms with Crippen LogP contribution in [0, 0.1) is 56.7 Å². The number of aliphatic hydroxyl groups excluding tert-OH is 7. The van der Waals surface area contributed by atoms with Gasteiger partial charge >= 0.3 is 11.9 Å². The van der Waals surface area contributed by atoms with Crippen LogP contribution in [0.1, 0.15) is 106 Å². The lowest BCUT2D eigenvalue weighted by Gasteiger charge is -2.71. The molecule has 7 aliphatic rings. The molecule has 0 spiro atoms. The van der Waals surface area contributed by atoms with Gasteiger partial charge in [0.25, 0.3) is 0 Å². The van der Waals surface area contributed by atoms with E-state index in [1.165, 1.54) is 5.57 Å². The number of fused-ring (bicyclic) bond motifs is 7. The summed E-state index contributed by atoms with van der Waals surface area (Å²) in [5.41, 5.74) is -0.417. The highest BCUT2D eigenvalue weighted by Gasteiger charge is 2.70.